The van der Waals surface area contributed by atoms with E-state index in [2.05, 4.69) is 10.3 Å². The second-order valence-corrected chi connectivity index (χ2v) is 5.05. The molecule has 1 amide bonds. The van der Waals surface area contributed by atoms with Crippen molar-refractivity contribution in [2.24, 2.45) is 0 Å². The van der Waals surface area contributed by atoms with Gasteiger partial charge >= 0.3 is 5.97 Å². The van der Waals surface area contributed by atoms with E-state index in [1.54, 1.807) is 18.2 Å². The number of aromatic nitrogens is 1. The summed E-state index contributed by atoms with van der Waals surface area (Å²) < 4.78 is 13.4. The van der Waals surface area contributed by atoms with Crippen LogP contribution in [0, 0.1) is 5.82 Å². The van der Waals surface area contributed by atoms with E-state index in [-0.39, 0.29) is 28.7 Å². The van der Waals surface area contributed by atoms with Crippen molar-refractivity contribution in [3.8, 4) is 0 Å². The minimum absolute atomic E-state index is 0.0121. The van der Waals surface area contributed by atoms with Crippen LogP contribution in [0.25, 0.3) is 0 Å². The maximum Gasteiger partial charge on any atom is 0.337 e. The molecule has 0 radical (unpaired) electrons. The molecular formula is C14H11FN2O3S. The first-order chi connectivity index (χ1) is 10.1. The fourth-order valence-electron chi connectivity index (χ4n) is 1.53. The molecule has 2 aromatic rings. The molecule has 0 atom stereocenters. The van der Waals surface area contributed by atoms with Crippen molar-refractivity contribution in [3.05, 3.63) is 54.1 Å². The van der Waals surface area contributed by atoms with Gasteiger partial charge in [0.25, 0.3) is 0 Å². The number of nitrogens with zero attached hydrogens (tertiary/aromatic N) is 1. The van der Waals surface area contributed by atoms with Gasteiger partial charge in [-0.2, -0.15) is 0 Å². The third-order valence-electron chi connectivity index (χ3n) is 2.46. The molecule has 0 aliphatic heterocycles. The Morgan fingerprint density at radius 1 is 1.29 bits per heavy atom. The highest BCUT2D eigenvalue weighted by atomic mass is 32.2. The summed E-state index contributed by atoms with van der Waals surface area (Å²) >= 11 is 1.06. The summed E-state index contributed by atoms with van der Waals surface area (Å²) in [4.78, 5) is 26.6. The number of anilines is 1. The topological polar surface area (TPSA) is 79.3 Å². The molecule has 2 N–H and O–H groups in total. The van der Waals surface area contributed by atoms with E-state index in [1.807, 2.05) is 0 Å². The van der Waals surface area contributed by atoms with E-state index in [1.165, 1.54) is 24.5 Å². The van der Waals surface area contributed by atoms with Gasteiger partial charge in [0.1, 0.15) is 5.82 Å². The number of thioether (sulfide) groups is 1. The van der Waals surface area contributed by atoms with Crippen LogP contribution in [-0.2, 0) is 4.79 Å². The van der Waals surface area contributed by atoms with Crippen molar-refractivity contribution in [1.29, 1.82) is 0 Å². The predicted molar refractivity (Wildman–Crippen MR) is 77.0 cm³/mol. The molecule has 0 fully saturated rings. The molecule has 0 saturated carbocycles. The maximum atomic E-state index is 13.4. The third-order valence-corrected chi connectivity index (χ3v) is 3.51. The van der Waals surface area contributed by atoms with E-state index in [9.17, 15) is 14.0 Å². The number of amides is 1. The number of aromatic carboxylic acids is 1. The van der Waals surface area contributed by atoms with Gasteiger partial charge in [-0.05, 0) is 18.2 Å². The highest BCUT2D eigenvalue weighted by Crippen LogP contribution is 2.21. The lowest BCUT2D eigenvalue weighted by molar-refractivity contribution is -0.113. The van der Waals surface area contributed by atoms with E-state index < -0.39 is 5.97 Å². The maximum absolute atomic E-state index is 13.4. The first-order valence-electron chi connectivity index (χ1n) is 5.92. The zero-order chi connectivity index (χ0) is 15.2. The first-order valence-corrected chi connectivity index (χ1v) is 6.90. The van der Waals surface area contributed by atoms with Crippen molar-refractivity contribution in [2.45, 2.75) is 4.90 Å². The fraction of sp³-hybridized carbons (Fsp3) is 0.0714. The number of carboxylic acid groups (broad SMARTS) is 1. The fourth-order valence-corrected chi connectivity index (χ4v) is 2.27. The molecular weight excluding hydrogens is 295 g/mol. The smallest absolute Gasteiger partial charge is 0.337 e. The summed E-state index contributed by atoms with van der Waals surface area (Å²) in [6.45, 7) is 0. The van der Waals surface area contributed by atoms with Gasteiger partial charge in [0.2, 0.25) is 5.91 Å². The number of pyridine rings is 1. The van der Waals surface area contributed by atoms with Crippen molar-refractivity contribution >= 4 is 29.3 Å². The summed E-state index contributed by atoms with van der Waals surface area (Å²) in [5, 5.41) is 11.3. The number of halogens is 1. The number of benzene rings is 1. The molecule has 0 spiro atoms. The predicted octanol–water partition coefficient (Wildman–Crippen LogP) is 2.65. The normalized spacial score (nSPS) is 10.1. The zero-order valence-electron chi connectivity index (χ0n) is 10.7. The Kier molecular flexibility index (Phi) is 4.89. The molecule has 0 saturated heterocycles. The Hall–Kier alpha value is -2.41. The van der Waals surface area contributed by atoms with Gasteiger partial charge in [-0.15, -0.1) is 11.8 Å². The Balaban J connectivity index is 1.95. The van der Waals surface area contributed by atoms with Crippen LogP contribution in [-0.4, -0.2) is 27.7 Å². The number of carbonyl (C=O) groups excluding carboxylic acids is 1. The highest BCUT2D eigenvalue weighted by molar-refractivity contribution is 8.00. The van der Waals surface area contributed by atoms with Gasteiger partial charge < -0.3 is 10.4 Å². The molecule has 5 nitrogen and oxygen atoms in total. The number of carboxylic acids is 1. The van der Waals surface area contributed by atoms with Crippen LogP contribution in [0.5, 0.6) is 0 Å². The summed E-state index contributed by atoms with van der Waals surface area (Å²) in [6.07, 6.45) is 2.53. The van der Waals surface area contributed by atoms with Crippen molar-refractivity contribution in [3.63, 3.8) is 0 Å². The number of rotatable bonds is 5. The minimum Gasteiger partial charge on any atom is -0.478 e. The average Bonchev–Trinajstić information content (AvgIpc) is 2.46. The molecule has 0 bridgehead atoms. The molecule has 0 aliphatic rings. The van der Waals surface area contributed by atoms with Crippen molar-refractivity contribution < 1.29 is 19.1 Å². The number of hydrogen-bond acceptors (Lipinski definition) is 4. The van der Waals surface area contributed by atoms with Gasteiger partial charge in [-0.3, -0.25) is 9.78 Å². The van der Waals surface area contributed by atoms with Crippen molar-refractivity contribution in [1.82, 2.24) is 4.98 Å². The molecule has 108 valence electrons. The Morgan fingerprint density at radius 3 is 2.76 bits per heavy atom. The first kappa shape index (κ1) is 15.0. The van der Waals surface area contributed by atoms with Crippen LogP contribution in [0.3, 0.4) is 0 Å². The highest BCUT2D eigenvalue weighted by Gasteiger charge is 2.09. The minimum atomic E-state index is -1.13. The van der Waals surface area contributed by atoms with Crippen LogP contribution >= 0.6 is 11.8 Å². The standard InChI is InChI=1S/C14H11FN2O3S/c15-11-3-1-2-4-12(11)21-8-13(18)17-10-5-9(14(19)20)6-16-7-10/h1-7H,8H2,(H,17,18)(H,19,20). The average molecular weight is 306 g/mol. The van der Waals surface area contributed by atoms with Crippen LogP contribution in [0.15, 0.2) is 47.6 Å². The third kappa shape index (κ3) is 4.28. The summed E-state index contributed by atoms with van der Waals surface area (Å²) in [5.74, 6) is -1.87. The summed E-state index contributed by atoms with van der Waals surface area (Å²) in [6, 6.07) is 7.47. The SMILES string of the molecule is O=C(CSc1ccccc1F)Nc1cncc(C(=O)O)c1. The molecule has 1 heterocycles. The molecule has 7 heteroatoms. The van der Waals surface area contributed by atoms with Gasteiger partial charge in [0.05, 0.1) is 23.2 Å². The Labute approximate surface area is 124 Å². The van der Waals surface area contributed by atoms with Crippen LogP contribution in [0.2, 0.25) is 0 Å². The van der Waals surface area contributed by atoms with E-state index >= 15 is 0 Å². The lowest BCUT2D eigenvalue weighted by Crippen LogP contribution is -2.14. The zero-order valence-corrected chi connectivity index (χ0v) is 11.6. The molecule has 2 rings (SSSR count). The number of hydrogen-bond donors (Lipinski definition) is 2. The van der Waals surface area contributed by atoms with Gasteiger partial charge in [-0.25, -0.2) is 9.18 Å². The number of nitrogens with one attached hydrogen (secondary N) is 1. The number of carbonyl (C=O) groups is 2. The van der Waals surface area contributed by atoms with Crippen molar-refractivity contribution in [2.75, 3.05) is 11.1 Å². The second-order valence-electron chi connectivity index (χ2n) is 4.03. The molecule has 1 aromatic heterocycles. The van der Waals surface area contributed by atoms with Gasteiger partial charge in [0, 0.05) is 11.1 Å². The van der Waals surface area contributed by atoms with Crippen LogP contribution < -0.4 is 5.32 Å². The molecule has 0 unspecified atom stereocenters. The van der Waals surface area contributed by atoms with Crippen LogP contribution in [0.1, 0.15) is 10.4 Å². The molecule has 1 aromatic carbocycles. The quantitative estimate of drug-likeness (QED) is 0.830. The summed E-state index contributed by atoms with van der Waals surface area (Å²) in [7, 11) is 0. The second kappa shape index (κ2) is 6.85. The monoisotopic (exact) mass is 306 g/mol. The van der Waals surface area contributed by atoms with E-state index in [0.717, 1.165) is 11.8 Å². The Bertz CT molecular complexity index is 679. The van der Waals surface area contributed by atoms with Gasteiger partial charge in [-0.1, -0.05) is 12.1 Å². The van der Waals surface area contributed by atoms with Crippen LogP contribution in [0.4, 0.5) is 10.1 Å². The molecule has 21 heavy (non-hydrogen) atoms. The Morgan fingerprint density at radius 2 is 2.05 bits per heavy atom. The van der Waals surface area contributed by atoms with E-state index in [4.69, 9.17) is 5.11 Å². The lowest BCUT2D eigenvalue weighted by Gasteiger charge is -2.06. The van der Waals surface area contributed by atoms with E-state index in [0.29, 0.717) is 4.90 Å². The lowest BCUT2D eigenvalue weighted by atomic mass is 10.2. The van der Waals surface area contributed by atoms with Gasteiger partial charge in [0.15, 0.2) is 0 Å². The summed E-state index contributed by atoms with van der Waals surface area (Å²) in [5.41, 5.74) is 0.267. The molecule has 0 aliphatic carbocycles. The largest absolute Gasteiger partial charge is 0.478 e.